The summed E-state index contributed by atoms with van der Waals surface area (Å²) >= 11 is 13.1. The van der Waals surface area contributed by atoms with Gasteiger partial charge in [0, 0.05) is 40.7 Å². The van der Waals surface area contributed by atoms with Crippen LogP contribution >= 0.6 is 23.2 Å². The van der Waals surface area contributed by atoms with Crippen LogP contribution in [0.3, 0.4) is 0 Å². The summed E-state index contributed by atoms with van der Waals surface area (Å²) in [5, 5.41) is 3.83. The Balaban J connectivity index is 1.53. The lowest BCUT2D eigenvalue weighted by Gasteiger charge is -2.35. The standard InChI is InChI=1S/C32H35Cl2N3O6S/c1-44(40,41)37(24-15-16-29-30(18-24)43-21-42-29)20-31(38)36(19-25-26(33)13-8-14-27(25)34)28(17-22-9-4-2-5-10-22)32(39)35-23-11-6-3-7-12-23/h2,4-5,8-10,13-16,18,23,28H,3,6-7,11-12,17,19-21H2,1H3,(H,35,39)/t28-/m1/s1. The lowest BCUT2D eigenvalue weighted by atomic mass is 9.94. The Kier molecular flexibility index (Phi) is 10.2. The Hall–Kier alpha value is -3.47. The smallest absolute Gasteiger partial charge is 0.244 e. The van der Waals surface area contributed by atoms with Gasteiger partial charge in [-0.15, -0.1) is 0 Å². The van der Waals surface area contributed by atoms with Gasteiger partial charge in [-0.25, -0.2) is 8.42 Å². The van der Waals surface area contributed by atoms with Crippen LogP contribution in [0.25, 0.3) is 0 Å². The molecule has 2 aliphatic rings. The van der Waals surface area contributed by atoms with Crippen molar-refractivity contribution in [3.63, 3.8) is 0 Å². The second-order valence-electron chi connectivity index (χ2n) is 11.1. The molecule has 1 fully saturated rings. The number of hydrogen-bond acceptors (Lipinski definition) is 6. The summed E-state index contributed by atoms with van der Waals surface area (Å²) in [6.45, 7) is -0.658. The Bertz CT molecular complexity index is 1580. The molecule has 2 amide bonds. The van der Waals surface area contributed by atoms with Crippen LogP contribution in [0.2, 0.25) is 10.0 Å². The third kappa shape index (κ3) is 7.78. The molecule has 3 aromatic carbocycles. The van der Waals surface area contributed by atoms with Crippen molar-refractivity contribution in [1.29, 1.82) is 0 Å². The van der Waals surface area contributed by atoms with Crippen LogP contribution in [-0.4, -0.2) is 56.8 Å². The van der Waals surface area contributed by atoms with Crippen molar-refractivity contribution in [3.05, 3.63) is 87.9 Å². The molecule has 5 rings (SSSR count). The number of nitrogens with zero attached hydrogens (tertiary/aromatic N) is 2. The van der Waals surface area contributed by atoms with Gasteiger partial charge in [0.25, 0.3) is 0 Å². The number of anilines is 1. The summed E-state index contributed by atoms with van der Waals surface area (Å²) < 4.78 is 38.0. The van der Waals surface area contributed by atoms with Crippen molar-refractivity contribution in [2.45, 2.75) is 57.2 Å². The predicted octanol–water partition coefficient (Wildman–Crippen LogP) is 5.58. The van der Waals surface area contributed by atoms with Crippen LogP contribution in [0, 0.1) is 0 Å². The average molecular weight is 661 g/mol. The average Bonchev–Trinajstić information content (AvgIpc) is 3.47. The highest BCUT2D eigenvalue weighted by Crippen LogP contribution is 2.36. The van der Waals surface area contributed by atoms with Gasteiger partial charge in [0.1, 0.15) is 12.6 Å². The molecule has 1 heterocycles. The third-order valence-electron chi connectivity index (χ3n) is 7.94. The summed E-state index contributed by atoms with van der Waals surface area (Å²) in [7, 11) is -3.94. The van der Waals surface area contributed by atoms with Crippen molar-refractivity contribution < 1.29 is 27.5 Å². The van der Waals surface area contributed by atoms with Crippen molar-refractivity contribution in [2.75, 3.05) is 23.9 Å². The lowest BCUT2D eigenvalue weighted by molar-refractivity contribution is -0.140. The number of fused-ring (bicyclic) bond motifs is 1. The normalized spacial score (nSPS) is 15.4. The summed E-state index contributed by atoms with van der Waals surface area (Å²) in [4.78, 5) is 29.8. The molecule has 12 heteroatoms. The Morgan fingerprint density at radius 2 is 1.61 bits per heavy atom. The SMILES string of the molecule is CS(=O)(=O)N(CC(=O)N(Cc1c(Cl)cccc1Cl)[C@H](Cc1ccccc1)C(=O)NC1CCCCC1)c1ccc2c(c1)OCO2. The first-order valence-corrected chi connectivity index (χ1v) is 17.1. The van der Waals surface area contributed by atoms with Crippen LogP contribution in [0.1, 0.15) is 43.2 Å². The largest absolute Gasteiger partial charge is 0.454 e. The zero-order valence-corrected chi connectivity index (χ0v) is 26.7. The van der Waals surface area contributed by atoms with Crippen molar-refractivity contribution >= 4 is 50.7 Å². The summed E-state index contributed by atoms with van der Waals surface area (Å²) in [6.07, 6.45) is 6.11. The molecule has 1 N–H and O–H groups in total. The molecular weight excluding hydrogens is 625 g/mol. The summed E-state index contributed by atoms with van der Waals surface area (Å²) in [5.74, 6) is -0.0574. The van der Waals surface area contributed by atoms with Gasteiger partial charge in [0.15, 0.2) is 11.5 Å². The van der Waals surface area contributed by atoms with Crippen molar-refractivity contribution in [2.24, 2.45) is 0 Å². The van der Waals surface area contributed by atoms with Gasteiger partial charge in [-0.05, 0) is 42.7 Å². The fraction of sp³-hybridized carbons (Fsp3) is 0.375. The fourth-order valence-corrected chi connectivity index (χ4v) is 6.96. The molecule has 0 saturated heterocycles. The van der Waals surface area contributed by atoms with Gasteiger partial charge in [-0.1, -0.05) is 78.9 Å². The number of carbonyl (C=O) groups is 2. The van der Waals surface area contributed by atoms with E-state index in [9.17, 15) is 18.0 Å². The first kappa shape index (κ1) is 31.9. The van der Waals surface area contributed by atoms with E-state index in [4.69, 9.17) is 32.7 Å². The van der Waals surface area contributed by atoms with Crippen molar-refractivity contribution in [1.82, 2.24) is 10.2 Å². The molecule has 1 saturated carbocycles. The van der Waals surface area contributed by atoms with Gasteiger partial charge in [0.2, 0.25) is 28.6 Å². The molecule has 0 bridgehead atoms. The van der Waals surface area contributed by atoms with E-state index in [1.54, 1.807) is 30.3 Å². The predicted molar refractivity (Wildman–Crippen MR) is 171 cm³/mol. The van der Waals surface area contributed by atoms with E-state index in [2.05, 4.69) is 5.32 Å². The zero-order chi connectivity index (χ0) is 31.3. The number of ether oxygens (including phenoxy) is 2. The van der Waals surface area contributed by atoms with Gasteiger partial charge in [-0.3, -0.25) is 13.9 Å². The zero-order valence-electron chi connectivity index (χ0n) is 24.4. The van der Waals surface area contributed by atoms with E-state index in [1.807, 2.05) is 30.3 Å². The number of sulfonamides is 1. The molecule has 0 radical (unpaired) electrons. The monoisotopic (exact) mass is 659 g/mol. The second kappa shape index (κ2) is 14.1. The van der Waals surface area contributed by atoms with Gasteiger partial charge in [-0.2, -0.15) is 0 Å². The van der Waals surface area contributed by atoms with Crippen molar-refractivity contribution in [3.8, 4) is 11.5 Å². The van der Waals surface area contributed by atoms with E-state index in [0.717, 1.165) is 48.2 Å². The molecule has 44 heavy (non-hydrogen) atoms. The molecule has 1 aliphatic carbocycles. The molecule has 234 valence electrons. The van der Waals surface area contributed by atoms with Crippen LogP contribution in [0.4, 0.5) is 5.69 Å². The fourth-order valence-electron chi connectivity index (χ4n) is 5.61. The third-order valence-corrected chi connectivity index (χ3v) is 9.78. The number of halogens is 2. The van der Waals surface area contributed by atoms with E-state index in [0.29, 0.717) is 27.1 Å². The molecule has 9 nitrogen and oxygen atoms in total. The van der Waals surface area contributed by atoms with Crippen LogP contribution < -0.4 is 19.1 Å². The second-order valence-corrected chi connectivity index (χ2v) is 13.8. The topological polar surface area (TPSA) is 105 Å². The maximum Gasteiger partial charge on any atom is 0.244 e. The van der Waals surface area contributed by atoms with Gasteiger partial charge < -0.3 is 19.7 Å². The maximum atomic E-state index is 14.4. The highest BCUT2D eigenvalue weighted by atomic mass is 35.5. The molecule has 0 aromatic heterocycles. The van der Waals surface area contributed by atoms with Gasteiger partial charge in [0.05, 0.1) is 11.9 Å². The number of rotatable bonds is 11. The highest BCUT2D eigenvalue weighted by molar-refractivity contribution is 7.92. The van der Waals surface area contributed by atoms with Crippen LogP contribution in [0.15, 0.2) is 66.7 Å². The number of hydrogen-bond donors (Lipinski definition) is 1. The Morgan fingerprint density at radius 3 is 2.30 bits per heavy atom. The molecule has 1 aliphatic heterocycles. The molecule has 1 atom stereocenters. The van der Waals surface area contributed by atoms with Crippen LogP contribution in [0.5, 0.6) is 11.5 Å². The number of benzene rings is 3. The summed E-state index contributed by atoms with van der Waals surface area (Å²) in [6, 6.07) is 18.1. The van der Waals surface area contributed by atoms with E-state index in [-0.39, 0.29) is 37.4 Å². The molecular formula is C32H35Cl2N3O6S. The first-order valence-electron chi connectivity index (χ1n) is 14.5. The minimum Gasteiger partial charge on any atom is -0.454 e. The van der Waals surface area contributed by atoms with Crippen LogP contribution in [-0.2, 0) is 32.6 Å². The molecule has 0 unspecified atom stereocenters. The van der Waals surface area contributed by atoms with E-state index >= 15 is 0 Å². The quantitative estimate of drug-likeness (QED) is 0.288. The maximum absolute atomic E-state index is 14.4. The molecule has 3 aromatic rings. The lowest BCUT2D eigenvalue weighted by Crippen LogP contribution is -2.55. The first-order chi connectivity index (χ1) is 21.1. The summed E-state index contributed by atoms with van der Waals surface area (Å²) in [5.41, 5.74) is 1.53. The van der Waals surface area contributed by atoms with Gasteiger partial charge >= 0.3 is 0 Å². The highest BCUT2D eigenvalue weighted by Gasteiger charge is 2.35. The Labute approximate surface area is 268 Å². The minimum absolute atomic E-state index is 0.00322. The number of amides is 2. The minimum atomic E-state index is -3.94. The Morgan fingerprint density at radius 1 is 0.932 bits per heavy atom. The number of carbonyl (C=O) groups excluding carboxylic acids is 2. The van der Waals surface area contributed by atoms with E-state index in [1.165, 1.54) is 11.0 Å². The molecule has 0 spiro atoms. The number of nitrogens with one attached hydrogen (secondary N) is 1. The van der Waals surface area contributed by atoms with E-state index < -0.39 is 28.5 Å².